The van der Waals surface area contributed by atoms with Gasteiger partial charge >= 0.3 is 5.97 Å². The molecule has 6 rings (SSSR count). The van der Waals surface area contributed by atoms with Crippen molar-refractivity contribution in [3.63, 3.8) is 0 Å². The number of benzene rings is 4. The molecule has 6 aromatic rings. The van der Waals surface area contributed by atoms with Crippen LogP contribution in [0.3, 0.4) is 0 Å². The number of hydrogen-bond donors (Lipinski definition) is 2. The Labute approximate surface area is 258 Å². The number of aromatic amines is 1. The number of carbonyl (C=O) groups is 1. The fourth-order valence-electron chi connectivity index (χ4n) is 5.96. The minimum absolute atomic E-state index is 0.0135. The van der Waals surface area contributed by atoms with E-state index in [4.69, 9.17) is 14.2 Å². The first-order valence-corrected chi connectivity index (χ1v) is 14.4. The van der Waals surface area contributed by atoms with Crippen molar-refractivity contribution in [1.29, 1.82) is 0 Å². The molecule has 1 atom stereocenters. The van der Waals surface area contributed by atoms with Crippen molar-refractivity contribution in [2.45, 2.75) is 12.3 Å². The van der Waals surface area contributed by atoms with Gasteiger partial charge in [0.15, 0.2) is 11.5 Å². The first kappa shape index (κ1) is 29.5. The number of para-hydroxylation sites is 2. The number of esters is 1. The average molecular weight is 607 g/mol. The molecule has 2 heterocycles. The molecule has 2 N–H and O–H groups in total. The Balaban J connectivity index is 1.46. The highest BCUT2D eigenvalue weighted by molar-refractivity contribution is 5.91. The molecule has 0 radical (unpaired) electrons. The van der Waals surface area contributed by atoms with Gasteiger partial charge in [0, 0.05) is 35.5 Å². The average Bonchev–Trinajstić information content (AvgIpc) is 3.42. The highest BCUT2D eigenvalue weighted by Crippen LogP contribution is 2.41. The van der Waals surface area contributed by atoms with Crippen molar-refractivity contribution in [3.8, 4) is 17.2 Å². The molecule has 0 bridgehead atoms. The number of fused-ring (bicyclic) bond motifs is 2. The van der Waals surface area contributed by atoms with Gasteiger partial charge < -0.3 is 28.9 Å². The number of pyridine rings is 1. The van der Waals surface area contributed by atoms with E-state index in [0.29, 0.717) is 39.2 Å². The summed E-state index contributed by atoms with van der Waals surface area (Å²) in [6, 6.07) is 25.5. The van der Waals surface area contributed by atoms with E-state index >= 15 is 0 Å². The van der Waals surface area contributed by atoms with E-state index in [1.807, 2.05) is 24.3 Å². The van der Waals surface area contributed by atoms with Gasteiger partial charge in [-0.25, -0.2) is 9.18 Å². The predicted molar refractivity (Wildman–Crippen MR) is 170 cm³/mol. The highest BCUT2D eigenvalue weighted by atomic mass is 19.1. The summed E-state index contributed by atoms with van der Waals surface area (Å²) in [5.74, 6) is -1.17. The molecular formula is C36H31FN2O6. The summed E-state index contributed by atoms with van der Waals surface area (Å²) in [6.07, 6.45) is 0.277. The number of carbonyl (C=O) groups excluding carboxylic acids is 1. The van der Waals surface area contributed by atoms with E-state index in [1.165, 1.54) is 30.9 Å². The van der Waals surface area contributed by atoms with Crippen molar-refractivity contribution in [3.05, 3.63) is 135 Å². The molecule has 0 saturated heterocycles. The zero-order valence-corrected chi connectivity index (χ0v) is 25.0. The van der Waals surface area contributed by atoms with Crippen molar-refractivity contribution in [1.82, 2.24) is 9.55 Å². The van der Waals surface area contributed by atoms with Gasteiger partial charge in [-0.3, -0.25) is 4.79 Å². The van der Waals surface area contributed by atoms with E-state index < -0.39 is 23.3 Å². The minimum Gasteiger partial charge on any atom is -0.507 e. The molecule has 0 amide bonds. The first-order valence-electron chi connectivity index (χ1n) is 14.4. The number of H-pyrrole nitrogens is 1. The Morgan fingerprint density at radius 3 is 2.40 bits per heavy atom. The first-order chi connectivity index (χ1) is 21.8. The smallest absolute Gasteiger partial charge is 0.338 e. The largest absolute Gasteiger partial charge is 0.507 e. The monoisotopic (exact) mass is 606 g/mol. The number of hydrogen-bond acceptors (Lipinski definition) is 6. The van der Waals surface area contributed by atoms with E-state index in [9.17, 15) is 19.1 Å². The lowest BCUT2D eigenvalue weighted by Gasteiger charge is -2.22. The van der Waals surface area contributed by atoms with Crippen molar-refractivity contribution < 1.29 is 28.5 Å². The fraction of sp³-hybridized carbons (Fsp3) is 0.167. The Bertz CT molecular complexity index is 2120. The molecule has 45 heavy (non-hydrogen) atoms. The molecule has 228 valence electrons. The number of aromatic hydroxyl groups is 1. The van der Waals surface area contributed by atoms with E-state index in [2.05, 4.69) is 4.98 Å². The molecule has 0 aliphatic heterocycles. The highest BCUT2D eigenvalue weighted by Gasteiger charge is 2.30. The second-order valence-corrected chi connectivity index (χ2v) is 10.7. The normalized spacial score (nSPS) is 11.9. The molecule has 9 heteroatoms. The van der Waals surface area contributed by atoms with Crippen LogP contribution >= 0.6 is 0 Å². The predicted octanol–water partition coefficient (Wildman–Crippen LogP) is 6.46. The quantitative estimate of drug-likeness (QED) is 0.183. The summed E-state index contributed by atoms with van der Waals surface area (Å²) in [6.45, 7) is 0.0135. The third-order valence-electron chi connectivity index (χ3n) is 8.12. The summed E-state index contributed by atoms with van der Waals surface area (Å²) in [4.78, 5) is 30.4. The van der Waals surface area contributed by atoms with Crippen LogP contribution in [0.4, 0.5) is 4.39 Å². The third-order valence-corrected chi connectivity index (χ3v) is 8.12. The SMILES string of the molecule is COc1ccc(C(=O)OCCc2c(C(c3cccc(F)c3)c3c(O)c4ccccc4n(C)c3=O)[nH]c3ccccc23)cc1OC. The standard InChI is InChI=1S/C36H31FN2O6/c1-39-28-14-7-5-12-26(28)34(40)32(35(39)41)31(21-9-8-10-23(37)19-21)33-25(24-11-4-6-13-27(24)38-33)17-18-45-36(42)22-15-16-29(43-2)30(20-22)44-3/h4-16,19-20,31,38,40H,17-18H2,1-3H3. The maximum absolute atomic E-state index is 14.7. The zero-order valence-electron chi connectivity index (χ0n) is 25.0. The summed E-state index contributed by atoms with van der Waals surface area (Å²) in [5, 5.41) is 13.0. The van der Waals surface area contributed by atoms with Crippen LogP contribution in [0.1, 0.15) is 38.7 Å². The van der Waals surface area contributed by atoms with Crippen LogP contribution in [0.2, 0.25) is 0 Å². The van der Waals surface area contributed by atoms with Gasteiger partial charge in [0.1, 0.15) is 11.6 Å². The van der Waals surface area contributed by atoms with Crippen LogP contribution in [0, 0.1) is 5.82 Å². The lowest BCUT2D eigenvalue weighted by molar-refractivity contribution is 0.0509. The van der Waals surface area contributed by atoms with Crippen molar-refractivity contribution >= 4 is 27.8 Å². The molecule has 0 spiro atoms. The van der Waals surface area contributed by atoms with Gasteiger partial charge in [-0.2, -0.15) is 0 Å². The fourth-order valence-corrected chi connectivity index (χ4v) is 5.96. The van der Waals surface area contributed by atoms with Crippen molar-refractivity contribution in [2.24, 2.45) is 7.05 Å². The number of rotatable bonds is 9. The lowest BCUT2D eigenvalue weighted by Crippen LogP contribution is -2.25. The Morgan fingerprint density at radius 2 is 1.64 bits per heavy atom. The van der Waals surface area contributed by atoms with Crippen LogP contribution < -0.4 is 15.0 Å². The van der Waals surface area contributed by atoms with Crippen LogP contribution in [-0.4, -0.2) is 41.5 Å². The minimum atomic E-state index is -0.868. The molecule has 2 aromatic heterocycles. The topological polar surface area (TPSA) is 103 Å². The Kier molecular flexibility index (Phi) is 8.00. The second-order valence-electron chi connectivity index (χ2n) is 10.7. The second kappa shape index (κ2) is 12.2. The molecule has 0 aliphatic carbocycles. The van der Waals surface area contributed by atoms with Gasteiger partial charge in [-0.05, 0) is 59.7 Å². The molecular weight excluding hydrogens is 575 g/mol. The molecule has 1 unspecified atom stereocenters. The number of methoxy groups -OCH3 is 2. The molecule has 0 aliphatic rings. The molecule has 4 aromatic carbocycles. The van der Waals surface area contributed by atoms with Gasteiger partial charge in [0.25, 0.3) is 5.56 Å². The van der Waals surface area contributed by atoms with Crippen LogP contribution in [0.25, 0.3) is 21.8 Å². The number of aromatic nitrogens is 2. The zero-order chi connectivity index (χ0) is 31.7. The number of halogens is 1. The van der Waals surface area contributed by atoms with E-state index in [1.54, 1.807) is 61.6 Å². The molecule has 0 fully saturated rings. The number of aryl methyl sites for hydroxylation is 1. The molecule has 8 nitrogen and oxygen atoms in total. The number of ether oxygens (including phenoxy) is 3. The number of nitrogens with zero attached hydrogens (tertiary/aromatic N) is 1. The summed E-state index contributed by atoms with van der Waals surface area (Å²) >= 11 is 0. The van der Waals surface area contributed by atoms with Crippen molar-refractivity contribution in [2.75, 3.05) is 20.8 Å². The lowest BCUT2D eigenvalue weighted by atomic mass is 9.85. The summed E-state index contributed by atoms with van der Waals surface area (Å²) in [5.41, 5.74) is 3.19. The van der Waals surface area contributed by atoms with Gasteiger partial charge in [-0.1, -0.05) is 42.5 Å². The third kappa shape index (κ3) is 5.37. The van der Waals surface area contributed by atoms with Gasteiger partial charge in [-0.15, -0.1) is 0 Å². The molecule has 0 saturated carbocycles. The maximum Gasteiger partial charge on any atom is 0.338 e. The maximum atomic E-state index is 14.7. The number of nitrogens with one attached hydrogen (secondary N) is 1. The van der Waals surface area contributed by atoms with Gasteiger partial charge in [0.2, 0.25) is 0 Å². The van der Waals surface area contributed by atoms with Gasteiger partial charge in [0.05, 0.1) is 43.4 Å². The van der Waals surface area contributed by atoms with Crippen LogP contribution in [-0.2, 0) is 18.2 Å². The summed E-state index contributed by atoms with van der Waals surface area (Å²) < 4.78 is 32.5. The van der Waals surface area contributed by atoms with Crippen LogP contribution in [0.15, 0.2) is 95.8 Å². The summed E-state index contributed by atoms with van der Waals surface area (Å²) in [7, 11) is 4.65. The van der Waals surface area contributed by atoms with E-state index in [0.717, 1.165) is 16.5 Å². The van der Waals surface area contributed by atoms with Crippen LogP contribution in [0.5, 0.6) is 17.2 Å². The van der Waals surface area contributed by atoms with E-state index in [-0.39, 0.29) is 24.3 Å². The Morgan fingerprint density at radius 1 is 0.911 bits per heavy atom. The Hall–Kier alpha value is -5.57.